The van der Waals surface area contributed by atoms with Gasteiger partial charge in [-0.25, -0.2) is 0 Å². The Bertz CT molecular complexity index is 579. The lowest BCUT2D eigenvalue weighted by Crippen LogP contribution is -2.39. The lowest BCUT2D eigenvalue weighted by atomic mass is 9.63. The van der Waals surface area contributed by atoms with Crippen LogP contribution in [0.1, 0.15) is 42.9 Å². The molecule has 5 rings (SSSR count). The minimum absolute atomic E-state index is 0.273. The van der Waals surface area contributed by atoms with Crippen molar-refractivity contribution in [3.05, 3.63) is 71.8 Å². The van der Waals surface area contributed by atoms with Crippen molar-refractivity contribution in [1.82, 2.24) is 5.32 Å². The van der Waals surface area contributed by atoms with E-state index >= 15 is 0 Å². The fraction of sp³-hybridized carbons (Fsp3) is 0.400. The van der Waals surface area contributed by atoms with Crippen molar-refractivity contribution in [1.29, 1.82) is 0 Å². The third-order valence-electron chi connectivity index (χ3n) is 5.64. The molecule has 2 heterocycles. The van der Waals surface area contributed by atoms with Crippen molar-refractivity contribution in [2.45, 2.75) is 37.1 Å². The summed E-state index contributed by atoms with van der Waals surface area (Å²) in [5.74, 6) is 0.871. The summed E-state index contributed by atoms with van der Waals surface area (Å²) in [6, 6.07) is 22.7. The second-order valence-electron chi connectivity index (χ2n) is 6.72. The molecule has 108 valence electrons. The van der Waals surface area contributed by atoms with E-state index < -0.39 is 0 Å². The highest BCUT2D eigenvalue weighted by Crippen LogP contribution is 2.51. The van der Waals surface area contributed by atoms with Crippen LogP contribution in [0.15, 0.2) is 60.7 Å². The molecule has 1 saturated carbocycles. The Morgan fingerprint density at radius 2 is 1.43 bits per heavy atom. The topological polar surface area (TPSA) is 12.0 Å². The summed E-state index contributed by atoms with van der Waals surface area (Å²) in [4.78, 5) is 0. The number of benzene rings is 2. The number of fused-ring (bicyclic) bond motifs is 4. The number of rotatable bonds is 2. The zero-order valence-corrected chi connectivity index (χ0v) is 12.5. The molecule has 1 aliphatic carbocycles. The molecule has 0 amide bonds. The van der Waals surface area contributed by atoms with E-state index in [9.17, 15) is 0 Å². The molecule has 2 bridgehead atoms. The highest BCUT2D eigenvalue weighted by molar-refractivity contribution is 5.35. The largest absolute Gasteiger partial charge is 0.309 e. The highest BCUT2D eigenvalue weighted by Gasteiger charge is 2.46. The molecular weight excluding hydrogens is 254 g/mol. The minimum atomic E-state index is 0.273. The van der Waals surface area contributed by atoms with Crippen molar-refractivity contribution < 1.29 is 0 Å². The van der Waals surface area contributed by atoms with Crippen LogP contribution in [-0.2, 0) is 5.41 Å². The molecule has 2 aromatic rings. The molecule has 3 aliphatic rings. The Balaban J connectivity index is 1.83. The van der Waals surface area contributed by atoms with Crippen molar-refractivity contribution in [3.8, 4) is 0 Å². The van der Waals surface area contributed by atoms with Crippen LogP contribution in [0.2, 0.25) is 0 Å². The standard InChI is InChI=1S/C20H23N/c1-3-7-17(8-4-1)19-20(18-9-5-2-6-10-18)13-11-16(12-14-20)15-21-19/h1-10,16,19,21H,11-15H2. The van der Waals surface area contributed by atoms with Gasteiger partial charge in [0.15, 0.2) is 0 Å². The van der Waals surface area contributed by atoms with Crippen LogP contribution in [-0.4, -0.2) is 6.54 Å². The maximum Gasteiger partial charge on any atom is 0.0418 e. The van der Waals surface area contributed by atoms with E-state index in [0.717, 1.165) is 5.92 Å². The minimum Gasteiger partial charge on any atom is -0.309 e. The van der Waals surface area contributed by atoms with Crippen LogP contribution < -0.4 is 5.32 Å². The van der Waals surface area contributed by atoms with Gasteiger partial charge in [0, 0.05) is 11.5 Å². The van der Waals surface area contributed by atoms with Crippen molar-refractivity contribution in [2.24, 2.45) is 5.92 Å². The molecule has 21 heavy (non-hydrogen) atoms. The first-order chi connectivity index (χ1) is 10.4. The Kier molecular flexibility index (Phi) is 3.31. The van der Waals surface area contributed by atoms with Gasteiger partial charge in [-0.05, 0) is 49.3 Å². The van der Waals surface area contributed by atoms with Gasteiger partial charge in [0.1, 0.15) is 0 Å². The molecule has 0 radical (unpaired) electrons. The SMILES string of the molecule is c1ccc(C2NCC3CCC2(c2ccccc2)CC3)cc1. The second kappa shape index (κ2) is 5.31. The molecule has 2 aliphatic heterocycles. The van der Waals surface area contributed by atoms with Gasteiger partial charge in [0.2, 0.25) is 0 Å². The summed E-state index contributed by atoms with van der Waals surface area (Å²) in [6.07, 6.45) is 5.36. The van der Waals surface area contributed by atoms with Gasteiger partial charge in [0.05, 0.1) is 0 Å². The molecule has 1 unspecified atom stereocenters. The fourth-order valence-corrected chi connectivity index (χ4v) is 4.47. The molecule has 3 fully saturated rings. The molecule has 1 N–H and O–H groups in total. The van der Waals surface area contributed by atoms with E-state index in [-0.39, 0.29) is 5.41 Å². The fourth-order valence-electron chi connectivity index (χ4n) is 4.47. The average molecular weight is 277 g/mol. The Hall–Kier alpha value is -1.60. The third-order valence-corrected chi connectivity index (χ3v) is 5.64. The molecule has 2 saturated heterocycles. The predicted molar refractivity (Wildman–Crippen MR) is 87.3 cm³/mol. The van der Waals surface area contributed by atoms with Gasteiger partial charge in [-0.2, -0.15) is 0 Å². The zero-order valence-electron chi connectivity index (χ0n) is 12.5. The summed E-state index contributed by atoms with van der Waals surface area (Å²) in [6.45, 7) is 1.17. The molecule has 1 nitrogen and oxygen atoms in total. The normalized spacial score (nSPS) is 31.8. The van der Waals surface area contributed by atoms with Crippen LogP contribution in [0.25, 0.3) is 0 Å². The molecule has 1 atom stereocenters. The Morgan fingerprint density at radius 3 is 2.10 bits per heavy atom. The van der Waals surface area contributed by atoms with Gasteiger partial charge in [-0.3, -0.25) is 0 Å². The number of nitrogens with one attached hydrogen (secondary N) is 1. The van der Waals surface area contributed by atoms with Gasteiger partial charge >= 0.3 is 0 Å². The van der Waals surface area contributed by atoms with E-state index in [1.165, 1.54) is 43.4 Å². The van der Waals surface area contributed by atoms with Crippen LogP contribution in [0.5, 0.6) is 0 Å². The maximum atomic E-state index is 3.90. The lowest BCUT2D eigenvalue weighted by molar-refractivity contribution is 0.234. The second-order valence-corrected chi connectivity index (χ2v) is 6.72. The maximum absolute atomic E-state index is 3.90. The summed E-state index contributed by atoms with van der Waals surface area (Å²) >= 11 is 0. The monoisotopic (exact) mass is 277 g/mol. The molecular formula is C20H23N. The van der Waals surface area contributed by atoms with Gasteiger partial charge in [0.25, 0.3) is 0 Å². The first-order valence-corrected chi connectivity index (χ1v) is 8.22. The van der Waals surface area contributed by atoms with E-state index in [0.29, 0.717) is 6.04 Å². The first-order valence-electron chi connectivity index (χ1n) is 8.22. The third kappa shape index (κ3) is 2.20. The first kappa shape index (κ1) is 13.1. The summed E-state index contributed by atoms with van der Waals surface area (Å²) in [5.41, 5.74) is 3.24. The van der Waals surface area contributed by atoms with Crippen LogP contribution >= 0.6 is 0 Å². The predicted octanol–water partition coefficient (Wildman–Crippen LogP) is 4.46. The van der Waals surface area contributed by atoms with Gasteiger partial charge in [-0.1, -0.05) is 60.7 Å². The van der Waals surface area contributed by atoms with E-state index in [1.54, 1.807) is 0 Å². The average Bonchev–Trinajstić information content (AvgIpc) is 2.88. The molecule has 1 heteroatoms. The number of hydrogen-bond acceptors (Lipinski definition) is 1. The Morgan fingerprint density at radius 1 is 0.810 bits per heavy atom. The highest BCUT2D eigenvalue weighted by atomic mass is 15.0. The zero-order chi connectivity index (χ0) is 14.1. The van der Waals surface area contributed by atoms with Crippen LogP contribution in [0, 0.1) is 5.92 Å². The van der Waals surface area contributed by atoms with Crippen LogP contribution in [0.4, 0.5) is 0 Å². The number of hydrogen-bond donors (Lipinski definition) is 1. The summed E-state index contributed by atoms with van der Waals surface area (Å²) in [5, 5.41) is 3.90. The smallest absolute Gasteiger partial charge is 0.0418 e. The van der Waals surface area contributed by atoms with E-state index in [2.05, 4.69) is 66.0 Å². The quantitative estimate of drug-likeness (QED) is 0.854. The van der Waals surface area contributed by atoms with Crippen molar-refractivity contribution in [2.75, 3.05) is 6.54 Å². The van der Waals surface area contributed by atoms with E-state index in [1.807, 2.05) is 0 Å². The molecule has 2 aromatic carbocycles. The molecule has 0 spiro atoms. The summed E-state index contributed by atoms with van der Waals surface area (Å²) in [7, 11) is 0. The summed E-state index contributed by atoms with van der Waals surface area (Å²) < 4.78 is 0. The van der Waals surface area contributed by atoms with E-state index in [4.69, 9.17) is 0 Å². The van der Waals surface area contributed by atoms with Crippen molar-refractivity contribution >= 4 is 0 Å². The lowest BCUT2D eigenvalue weighted by Gasteiger charge is -2.42. The van der Waals surface area contributed by atoms with Crippen LogP contribution in [0.3, 0.4) is 0 Å². The molecule has 0 aromatic heterocycles. The van der Waals surface area contributed by atoms with Crippen molar-refractivity contribution in [3.63, 3.8) is 0 Å². The van der Waals surface area contributed by atoms with Gasteiger partial charge < -0.3 is 5.32 Å². The van der Waals surface area contributed by atoms with Gasteiger partial charge in [-0.15, -0.1) is 0 Å². The Labute approximate surface area is 127 Å².